The van der Waals surface area contributed by atoms with Crippen LogP contribution in [0.1, 0.15) is 11.1 Å². The quantitative estimate of drug-likeness (QED) is 0.549. The molecule has 0 unspecified atom stereocenters. The molecule has 0 radical (unpaired) electrons. The number of rotatable bonds is 7. The largest absolute Gasteiger partial charge is 0.411 e. The molecule has 1 N–H and O–H groups in total. The number of hydrogen-bond donors (Lipinski definition) is 1. The number of aromatic nitrogens is 2. The van der Waals surface area contributed by atoms with Gasteiger partial charge < -0.3 is 14.6 Å². The van der Waals surface area contributed by atoms with Gasteiger partial charge in [-0.3, -0.25) is 9.59 Å². The van der Waals surface area contributed by atoms with E-state index in [2.05, 4.69) is 15.5 Å². The molecule has 0 bridgehead atoms. The summed E-state index contributed by atoms with van der Waals surface area (Å²) in [7, 11) is 1.58. The first kappa shape index (κ1) is 21.9. The summed E-state index contributed by atoms with van der Waals surface area (Å²) in [4.78, 5) is 26.0. The molecule has 156 valence electrons. The average Bonchev–Trinajstić information content (AvgIpc) is 3.18. The minimum absolute atomic E-state index is 0.0490. The van der Waals surface area contributed by atoms with Crippen LogP contribution in [-0.2, 0) is 9.59 Å². The van der Waals surface area contributed by atoms with Crippen molar-refractivity contribution in [2.75, 3.05) is 24.7 Å². The molecule has 2 amide bonds. The van der Waals surface area contributed by atoms with Gasteiger partial charge in [0.2, 0.25) is 17.7 Å². The van der Waals surface area contributed by atoms with Gasteiger partial charge in [-0.1, -0.05) is 35.5 Å². The Bertz CT molecular complexity index is 1050. The average molecular weight is 445 g/mol. The van der Waals surface area contributed by atoms with Crippen molar-refractivity contribution in [1.82, 2.24) is 15.1 Å². The molecule has 7 nitrogen and oxygen atoms in total. The molecule has 30 heavy (non-hydrogen) atoms. The van der Waals surface area contributed by atoms with Gasteiger partial charge in [0.15, 0.2) is 0 Å². The van der Waals surface area contributed by atoms with Crippen molar-refractivity contribution >= 4 is 40.9 Å². The first-order chi connectivity index (χ1) is 14.3. The number of carbonyl (C=O) groups excluding carboxylic acids is 2. The van der Waals surface area contributed by atoms with E-state index in [1.54, 1.807) is 31.3 Å². The number of thioether (sulfide) groups is 1. The molecular formula is C21H21ClN4O3S. The van der Waals surface area contributed by atoms with E-state index in [9.17, 15) is 9.59 Å². The van der Waals surface area contributed by atoms with E-state index in [-0.39, 0.29) is 29.3 Å². The van der Waals surface area contributed by atoms with Gasteiger partial charge in [-0.05, 0) is 55.3 Å². The summed E-state index contributed by atoms with van der Waals surface area (Å²) >= 11 is 6.99. The predicted octanol–water partition coefficient (Wildman–Crippen LogP) is 4.20. The van der Waals surface area contributed by atoms with Crippen LogP contribution in [0.4, 0.5) is 5.69 Å². The minimum Gasteiger partial charge on any atom is -0.411 e. The van der Waals surface area contributed by atoms with Gasteiger partial charge in [-0.15, -0.1) is 10.2 Å². The Kier molecular flexibility index (Phi) is 7.12. The Morgan fingerprint density at radius 1 is 1.13 bits per heavy atom. The smallest absolute Gasteiger partial charge is 0.277 e. The number of amides is 2. The number of aryl methyl sites for hydroxylation is 2. The molecule has 0 spiro atoms. The molecule has 1 heterocycles. The van der Waals surface area contributed by atoms with Crippen molar-refractivity contribution in [3.05, 3.63) is 58.6 Å². The molecular weight excluding hydrogens is 424 g/mol. The van der Waals surface area contributed by atoms with Gasteiger partial charge in [-0.25, -0.2) is 0 Å². The normalized spacial score (nSPS) is 10.7. The van der Waals surface area contributed by atoms with Gasteiger partial charge >= 0.3 is 0 Å². The van der Waals surface area contributed by atoms with E-state index < -0.39 is 0 Å². The van der Waals surface area contributed by atoms with E-state index >= 15 is 0 Å². The first-order valence-electron chi connectivity index (χ1n) is 9.15. The minimum atomic E-state index is -0.257. The fourth-order valence-electron chi connectivity index (χ4n) is 2.57. The Morgan fingerprint density at radius 2 is 1.87 bits per heavy atom. The lowest BCUT2D eigenvalue weighted by Gasteiger charge is -2.17. The second-order valence-corrected chi connectivity index (χ2v) is 8.15. The highest BCUT2D eigenvalue weighted by molar-refractivity contribution is 7.99. The highest BCUT2D eigenvalue weighted by Gasteiger charge is 2.16. The highest BCUT2D eigenvalue weighted by atomic mass is 35.5. The van der Waals surface area contributed by atoms with Gasteiger partial charge in [-0.2, -0.15) is 0 Å². The van der Waals surface area contributed by atoms with Crippen LogP contribution in [0.25, 0.3) is 11.5 Å². The number of nitrogens with one attached hydrogen (secondary N) is 1. The maximum atomic E-state index is 12.4. The Morgan fingerprint density at radius 3 is 2.60 bits per heavy atom. The third-order valence-corrected chi connectivity index (χ3v) is 5.35. The van der Waals surface area contributed by atoms with E-state index in [0.717, 1.165) is 34.1 Å². The summed E-state index contributed by atoms with van der Waals surface area (Å²) in [5.41, 5.74) is 3.50. The number of hydrogen-bond acceptors (Lipinski definition) is 6. The maximum Gasteiger partial charge on any atom is 0.277 e. The molecule has 0 aliphatic rings. The molecule has 3 aromatic rings. The summed E-state index contributed by atoms with van der Waals surface area (Å²) in [6.45, 7) is 3.83. The van der Waals surface area contributed by atoms with Crippen LogP contribution in [0, 0.1) is 13.8 Å². The van der Waals surface area contributed by atoms with Crippen LogP contribution in [-0.4, -0.2) is 46.3 Å². The molecule has 0 aliphatic heterocycles. The first-order valence-corrected chi connectivity index (χ1v) is 10.5. The van der Waals surface area contributed by atoms with Crippen molar-refractivity contribution in [3.63, 3.8) is 0 Å². The number of nitrogens with zero attached hydrogens (tertiary/aromatic N) is 3. The maximum absolute atomic E-state index is 12.4. The van der Waals surface area contributed by atoms with E-state index in [1.807, 2.05) is 32.0 Å². The van der Waals surface area contributed by atoms with Gasteiger partial charge in [0.1, 0.15) is 0 Å². The van der Waals surface area contributed by atoms with Crippen LogP contribution in [0.5, 0.6) is 0 Å². The number of anilines is 1. The zero-order valence-electron chi connectivity index (χ0n) is 16.8. The lowest BCUT2D eigenvalue weighted by molar-refractivity contribution is -0.131. The standard InChI is InChI=1S/C21H21ClN4O3S/c1-13-4-5-14(2)17(10-13)23-18(27)11-26(3)19(28)12-30-21-25-24-20(29-21)15-6-8-16(22)9-7-15/h4-10H,11-12H2,1-3H3,(H,23,27). The molecule has 0 fully saturated rings. The van der Waals surface area contributed by atoms with Crippen LogP contribution in [0.2, 0.25) is 5.02 Å². The Balaban J connectivity index is 1.50. The second kappa shape index (κ2) is 9.77. The van der Waals surface area contributed by atoms with Crippen LogP contribution in [0.3, 0.4) is 0 Å². The number of carbonyl (C=O) groups is 2. The van der Waals surface area contributed by atoms with Crippen molar-refractivity contribution < 1.29 is 14.0 Å². The highest BCUT2D eigenvalue weighted by Crippen LogP contribution is 2.24. The van der Waals surface area contributed by atoms with Crippen LogP contribution < -0.4 is 5.32 Å². The van der Waals surface area contributed by atoms with Crippen molar-refractivity contribution in [3.8, 4) is 11.5 Å². The lowest BCUT2D eigenvalue weighted by atomic mass is 10.1. The molecule has 0 atom stereocenters. The van der Waals surface area contributed by atoms with Gasteiger partial charge in [0.25, 0.3) is 5.22 Å². The van der Waals surface area contributed by atoms with Crippen molar-refractivity contribution in [2.24, 2.45) is 0 Å². The summed E-state index contributed by atoms with van der Waals surface area (Å²) in [6.07, 6.45) is 0. The molecule has 0 saturated carbocycles. The van der Waals surface area contributed by atoms with Gasteiger partial charge in [0.05, 0.1) is 12.3 Å². The molecule has 0 saturated heterocycles. The summed E-state index contributed by atoms with van der Waals surface area (Å²) in [5, 5.41) is 11.7. The van der Waals surface area contributed by atoms with Crippen LogP contribution in [0.15, 0.2) is 52.1 Å². The second-order valence-electron chi connectivity index (χ2n) is 6.79. The van der Waals surface area contributed by atoms with E-state index in [4.69, 9.17) is 16.0 Å². The van der Waals surface area contributed by atoms with E-state index in [0.29, 0.717) is 10.9 Å². The molecule has 9 heteroatoms. The molecule has 2 aromatic carbocycles. The number of halogens is 1. The zero-order chi connectivity index (χ0) is 21.7. The third kappa shape index (κ3) is 5.84. The number of likely N-dealkylation sites (N-methyl/N-ethyl adjacent to an activating group) is 1. The third-order valence-electron chi connectivity index (χ3n) is 4.29. The van der Waals surface area contributed by atoms with Crippen molar-refractivity contribution in [1.29, 1.82) is 0 Å². The van der Waals surface area contributed by atoms with Crippen LogP contribution >= 0.6 is 23.4 Å². The fraction of sp³-hybridized carbons (Fsp3) is 0.238. The van der Waals surface area contributed by atoms with Gasteiger partial charge in [0, 0.05) is 23.3 Å². The molecule has 0 aliphatic carbocycles. The summed E-state index contributed by atoms with van der Waals surface area (Å²) < 4.78 is 5.57. The van der Waals surface area contributed by atoms with E-state index in [1.165, 1.54) is 4.90 Å². The molecule has 1 aromatic heterocycles. The summed E-state index contributed by atoms with van der Waals surface area (Å²) in [5.74, 6) is -0.0484. The summed E-state index contributed by atoms with van der Waals surface area (Å²) in [6, 6.07) is 12.8. The topological polar surface area (TPSA) is 88.3 Å². The molecule has 3 rings (SSSR count). The lowest BCUT2D eigenvalue weighted by Crippen LogP contribution is -2.36. The van der Waals surface area contributed by atoms with Crippen molar-refractivity contribution in [2.45, 2.75) is 19.1 Å². The zero-order valence-corrected chi connectivity index (χ0v) is 18.4. The monoisotopic (exact) mass is 444 g/mol. The Labute approximate surface area is 183 Å². The fourth-order valence-corrected chi connectivity index (χ4v) is 3.40. The predicted molar refractivity (Wildman–Crippen MR) is 118 cm³/mol. The SMILES string of the molecule is Cc1ccc(C)c(NC(=O)CN(C)C(=O)CSc2nnc(-c3ccc(Cl)cc3)o2)c1. The number of benzene rings is 2. The Hall–Kier alpha value is -2.84.